The van der Waals surface area contributed by atoms with Crippen LogP contribution in [0.1, 0.15) is 23.2 Å². The van der Waals surface area contributed by atoms with Gasteiger partial charge in [0.1, 0.15) is 0 Å². The number of nitrogens with zero attached hydrogens (tertiary/aromatic N) is 1. The Morgan fingerprint density at radius 3 is 2.72 bits per heavy atom. The van der Waals surface area contributed by atoms with E-state index in [1.165, 1.54) is 4.90 Å². The number of nitrogen functional groups attached to an aromatic ring is 1. The van der Waals surface area contributed by atoms with E-state index in [0.29, 0.717) is 30.6 Å². The second-order valence-electron chi connectivity index (χ2n) is 4.10. The predicted octanol–water partition coefficient (Wildman–Crippen LogP) is -3.37. The number of aliphatic carboxylic acids is 1. The topological polar surface area (TPSA) is 86.5 Å². The van der Waals surface area contributed by atoms with Crippen molar-refractivity contribution in [2.24, 2.45) is 0 Å². The minimum Gasteiger partial charge on any atom is -0.548 e. The van der Waals surface area contributed by atoms with Gasteiger partial charge in [-0.25, -0.2) is 0 Å². The molecule has 1 aromatic carbocycles. The fourth-order valence-electron chi connectivity index (χ4n) is 2.09. The Kier molecular flexibility index (Phi) is 5.19. The molecule has 0 bridgehead atoms. The number of benzene rings is 1. The van der Waals surface area contributed by atoms with Crippen molar-refractivity contribution in [1.29, 1.82) is 0 Å². The SMILES string of the molecule is Nc1cccc(C(=O)N2CCCC2C(=O)[O-])c1.[Na+]. The third-order valence-corrected chi connectivity index (χ3v) is 2.92. The van der Waals surface area contributed by atoms with Crippen molar-refractivity contribution in [1.82, 2.24) is 4.90 Å². The molecule has 0 aliphatic carbocycles. The van der Waals surface area contributed by atoms with E-state index in [9.17, 15) is 14.7 Å². The first-order valence-corrected chi connectivity index (χ1v) is 5.47. The number of nitrogens with two attached hydrogens (primary N) is 1. The molecule has 5 nitrogen and oxygen atoms in total. The van der Waals surface area contributed by atoms with Gasteiger partial charge in [0.05, 0.1) is 12.0 Å². The Morgan fingerprint density at radius 1 is 1.39 bits per heavy atom. The maximum Gasteiger partial charge on any atom is 1.00 e. The molecule has 1 aliphatic rings. The predicted molar refractivity (Wildman–Crippen MR) is 59.9 cm³/mol. The summed E-state index contributed by atoms with van der Waals surface area (Å²) in [4.78, 5) is 24.3. The number of hydrogen-bond acceptors (Lipinski definition) is 4. The molecule has 1 amide bonds. The molecule has 6 heteroatoms. The summed E-state index contributed by atoms with van der Waals surface area (Å²) in [6.07, 6.45) is 1.14. The van der Waals surface area contributed by atoms with E-state index in [0.717, 1.165) is 0 Å². The third kappa shape index (κ3) is 3.04. The van der Waals surface area contributed by atoms with Gasteiger partial charge < -0.3 is 20.5 Å². The van der Waals surface area contributed by atoms with Crippen molar-refractivity contribution >= 4 is 17.6 Å². The first kappa shape index (κ1) is 15.0. The molecule has 2 rings (SSSR count). The summed E-state index contributed by atoms with van der Waals surface area (Å²) >= 11 is 0. The molecular formula is C12H13N2NaO3. The molecule has 1 saturated heterocycles. The van der Waals surface area contributed by atoms with Crippen molar-refractivity contribution in [3.63, 3.8) is 0 Å². The van der Waals surface area contributed by atoms with E-state index in [1.807, 2.05) is 0 Å². The number of carboxylic acids is 1. The molecule has 18 heavy (non-hydrogen) atoms. The summed E-state index contributed by atoms with van der Waals surface area (Å²) in [5, 5.41) is 10.9. The summed E-state index contributed by atoms with van der Waals surface area (Å²) in [7, 11) is 0. The van der Waals surface area contributed by atoms with Gasteiger partial charge in [0.15, 0.2) is 0 Å². The van der Waals surface area contributed by atoms with Crippen LogP contribution in [0.3, 0.4) is 0 Å². The second-order valence-corrected chi connectivity index (χ2v) is 4.10. The van der Waals surface area contributed by atoms with Crippen molar-refractivity contribution in [2.45, 2.75) is 18.9 Å². The molecule has 2 N–H and O–H groups in total. The molecule has 1 fully saturated rings. The van der Waals surface area contributed by atoms with Crippen LogP contribution in [-0.4, -0.2) is 29.4 Å². The van der Waals surface area contributed by atoms with E-state index in [4.69, 9.17) is 5.73 Å². The number of hydrogen-bond donors (Lipinski definition) is 1. The number of carbonyl (C=O) groups excluding carboxylic acids is 2. The first-order chi connectivity index (χ1) is 8.09. The number of anilines is 1. The van der Waals surface area contributed by atoms with Crippen LogP contribution in [0.2, 0.25) is 0 Å². The summed E-state index contributed by atoms with van der Waals surface area (Å²) in [5.74, 6) is -1.50. The van der Waals surface area contributed by atoms with Crippen LogP contribution in [0.25, 0.3) is 0 Å². The minimum absolute atomic E-state index is 0. The number of likely N-dealkylation sites (tertiary alicyclic amines) is 1. The maximum atomic E-state index is 12.1. The molecule has 1 unspecified atom stereocenters. The fraction of sp³-hybridized carbons (Fsp3) is 0.333. The van der Waals surface area contributed by atoms with Gasteiger partial charge in [-0.2, -0.15) is 0 Å². The Bertz CT molecular complexity index is 464. The average molecular weight is 256 g/mol. The Hall–Kier alpha value is -1.04. The van der Waals surface area contributed by atoms with Crippen molar-refractivity contribution in [2.75, 3.05) is 12.3 Å². The van der Waals surface area contributed by atoms with Gasteiger partial charge >= 0.3 is 29.6 Å². The zero-order valence-corrected chi connectivity index (χ0v) is 12.3. The van der Waals surface area contributed by atoms with Crippen LogP contribution in [0.4, 0.5) is 5.69 Å². The van der Waals surface area contributed by atoms with Crippen molar-refractivity contribution in [3.05, 3.63) is 29.8 Å². The van der Waals surface area contributed by atoms with Crippen LogP contribution in [-0.2, 0) is 4.79 Å². The van der Waals surface area contributed by atoms with Crippen LogP contribution in [0, 0.1) is 0 Å². The molecule has 1 aromatic rings. The number of rotatable bonds is 2. The van der Waals surface area contributed by atoms with Gasteiger partial charge in [0.2, 0.25) is 0 Å². The average Bonchev–Trinajstić information content (AvgIpc) is 2.77. The third-order valence-electron chi connectivity index (χ3n) is 2.92. The Labute approximate surface area is 127 Å². The van der Waals surface area contributed by atoms with Crippen LogP contribution >= 0.6 is 0 Å². The van der Waals surface area contributed by atoms with Crippen LogP contribution < -0.4 is 40.4 Å². The quantitative estimate of drug-likeness (QED) is 0.442. The van der Waals surface area contributed by atoms with Crippen molar-refractivity contribution in [3.8, 4) is 0 Å². The minimum atomic E-state index is -1.19. The maximum absolute atomic E-state index is 12.1. The summed E-state index contributed by atoms with van der Waals surface area (Å²) in [6, 6.07) is 5.71. The molecule has 1 heterocycles. The van der Waals surface area contributed by atoms with Crippen LogP contribution in [0.5, 0.6) is 0 Å². The second kappa shape index (κ2) is 6.22. The van der Waals surface area contributed by atoms with Gasteiger partial charge in [0.25, 0.3) is 5.91 Å². The molecule has 1 atom stereocenters. The summed E-state index contributed by atoms with van der Waals surface area (Å²) in [6.45, 7) is 0.451. The van der Waals surface area contributed by atoms with Gasteiger partial charge in [-0.1, -0.05) is 6.07 Å². The summed E-state index contributed by atoms with van der Waals surface area (Å²) < 4.78 is 0. The zero-order chi connectivity index (χ0) is 12.4. The molecular weight excluding hydrogens is 243 g/mol. The van der Waals surface area contributed by atoms with Crippen molar-refractivity contribution < 1.29 is 44.3 Å². The van der Waals surface area contributed by atoms with Crippen LogP contribution in [0.15, 0.2) is 24.3 Å². The summed E-state index contributed by atoms with van der Waals surface area (Å²) in [5.41, 5.74) is 6.49. The molecule has 0 aromatic heterocycles. The van der Waals surface area contributed by atoms with E-state index < -0.39 is 12.0 Å². The number of amides is 1. The Balaban J connectivity index is 0.00000162. The van der Waals surface area contributed by atoms with E-state index in [-0.39, 0.29) is 35.5 Å². The normalized spacial score (nSPS) is 18.2. The Morgan fingerprint density at radius 2 is 2.11 bits per heavy atom. The number of carbonyl (C=O) groups is 2. The van der Waals surface area contributed by atoms with E-state index in [2.05, 4.69) is 0 Å². The standard InChI is InChI=1S/C12H14N2O3.Na/c13-9-4-1-3-8(7-9)11(15)14-6-2-5-10(14)12(16)17;/h1,3-4,7,10H,2,5-6,13H2,(H,16,17);/q;+1/p-1. The van der Waals surface area contributed by atoms with Gasteiger partial charge in [-0.3, -0.25) is 4.79 Å². The van der Waals surface area contributed by atoms with E-state index in [1.54, 1.807) is 24.3 Å². The smallest absolute Gasteiger partial charge is 0.548 e. The molecule has 0 radical (unpaired) electrons. The van der Waals surface area contributed by atoms with Gasteiger partial charge in [-0.05, 0) is 31.0 Å². The molecule has 0 spiro atoms. The number of carboxylic acid groups (broad SMARTS) is 1. The van der Waals surface area contributed by atoms with E-state index >= 15 is 0 Å². The van der Waals surface area contributed by atoms with Gasteiger partial charge in [0, 0.05) is 17.8 Å². The largest absolute Gasteiger partial charge is 1.00 e. The zero-order valence-electron chi connectivity index (χ0n) is 10.3. The molecule has 90 valence electrons. The first-order valence-electron chi connectivity index (χ1n) is 5.47. The monoisotopic (exact) mass is 256 g/mol. The molecule has 1 aliphatic heterocycles. The molecule has 0 saturated carbocycles. The van der Waals surface area contributed by atoms with Gasteiger partial charge in [-0.15, -0.1) is 0 Å². The fourth-order valence-corrected chi connectivity index (χ4v) is 2.09.